The van der Waals surface area contributed by atoms with Crippen molar-refractivity contribution in [3.05, 3.63) is 31.5 Å². The Labute approximate surface area is 141 Å². The van der Waals surface area contributed by atoms with Crippen molar-refractivity contribution in [2.24, 2.45) is 5.73 Å². The van der Waals surface area contributed by atoms with Gasteiger partial charge in [0, 0.05) is 16.7 Å². The van der Waals surface area contributed by atoms with Crippen LogP contribution >= 0.6 is 31.9 Å². The normalized spacial score (nSPS) is 12.5. The highest BCUT2D eigenvalue weighted by atomic mass is 79.9. The molecule has 0 spiro atoms. The third kappa shape index (κ3) is 6.98. The molecule has 1 unspecified atom stereocenters. The summed E-state index contributed by atoms with van der Waals surface area (Å²) in [6, 6.07) is 0. The fourth-order valence-corrected chi connectivity index (χ4v) is 1.51. The standard InChI is InChI=1S/C6H7Br2N3O3.C4H11NO3/c7-1-3(8)2-11-5(13)9-4(12)10-6(11)14;5-4(1-6,2-7)3-8/h3H,1-2H2,(H2,9,10,12,13,14);6-8H,1-3,5H2. The third-order valence-electron chi connectivity index (χ3n) is 2.42. The Morgan fingerprint density at radius 3 is 1.77 bits per heavy atom. The van der Waals surface area contributed by atoms with Crippen molar-refractivity contribution in [3.8, 4) is 0 Å². The van der Waals surface area contributed by atoms with Gasteiger partial charge in [-0.3, -0.25) is 9.97 Å². The molecule has 0 aliphatic rings. The Bertz CT molecular complexity index is 566. The number of aliphatic hydroxyl groups excluding tert-OH is 3. The molecule has 1 heterocycles. The van der Waals surface area contributed by atoms with Gasteiger partial charge in [-0.25, -0.2) is 19.0 Å². The zero-order valence-corrected chi connectivity index (χ0v) is 14.6. The van der Waals surface area contributed by atoms with Crippen molar-refractivity contribution < 1.29 is 15.3 Å². The molecule has 0 saturated heterocycles. The molecule has 22 heavy (non-hydrogen) atoms. The topological polar surface area (TPSA) is 174 Å². The minimum absolute atomic E-state index is 0.0489. The van der Waals surface area contributed by atoms with E-state index in [0.717, 1.165) is 4.57 Å². The van der Waals surface area contributed by atoms with Crippen LogP contribution in [0.3, 0.4) is 0 Å². The molecule has 7 N–H and O–H groups in total. The summed E-state index contributed by atoms with van der Waals surface area (Å²) >= 11 is 6.44. The van der Waals surface area contributed by atoms with Crippen LogP contribution in [-0.2, 0) is 6.54 Å². The van der Waals surface area contributed by atoms with E-state index >= 15 is 0 Å². The van der Waals surface area contributed by atoms with Gasteiger partial charge in [0.25, 0.3) is 0 Å². The van der Waals surface area contributed by atoms with Crippen LogP contribution < -0.4 is 22.8 Å². The van der Waals surface area contributed by atoms with Crippen molar-refractivity contribution in [3.63, 3.8) is 0 Å². The van der Waals surface area contributed by atoms with E-state index in [1.807, 2.05) is 9.97 Å². The Kier molecular flexibility index (Phi) is 9.71. The maximum Gasteiger partial charge on any atom is 0.333 e. The van der Waals surface area contributed by atoms with Crippen molar-refractivity contribution in [2.45, 2.75) is 16.9 Å². The molecule has 1 aromatic rings. The first-order valence-corrected chi connectivity index (χ1v) is 8.01. The Balaban J connectivity index is 0.000000472. The number of alkyl halides is 2. The number of nitrogens with one attached hydrogen (secondary N) is 2. The quantitative estimate of drug-likeness (QED) is 0.251. The summed E-state index contributed by atoms with van der Waals surface area (Å²) in [6.45, 7) is -1.02. The highest BCUT2D eigenvalue weighted by molar-refractivity contribution is 9.12. The number of nitrogens with zero attached hydrogens (tertiary/aromatic N) is 1. The van der Waals surface area contributed by atoms with Gasteiger partial charge in [0.2, 0.25) is 0 Å². The van der Waals surface area contributed by atoms with Crippen LogP contribution in [0.5, 0.6) is 0 Å². The highest BCUT2D eigenvalue weighted by Crippen LogP contribution is 2.03. The molecule has 0 amide bonds. The first-order chi connectivity index (χ1) is 10.2. The molecule has 0 saturated carbocycles. The highest BCUT2D eigenvalue weighted by Gasteiger charge is 2.20. The van der Waals surface area contributed by atoms with E-state index in [9.17, 15) is 14.4 Å². The number of hydrogen-bond acceptors (Lipinski definition) is 7. The maximum atomic E-state index is 11.2. The molecule has 0 radical (unpaired) electrons. The van der Waals surface area contributed by atoms with E-state index in [1.165, 1.54) is 0 Å². The Morgan fingerprint density at radius 2 is 1.50 bits per heavy atom. The number of aromatic amines is 2. The van der Waals surface area contributed by atoms with Crippen LogP contribution in [0.25, 0.3) is 0 Å². The zero-order valence-electron chi connectivity index (χ0n) is 11.5. The molecule has 1 atom stereocenters. The Morgan fingerprint density at radius 1 is 1.09 bits per heavy atom. The molecule has 128 valence electrons. The van der Waals surface area contributed by atoms with Crippen LogP contribution in [0.4, 0.5) is 0 Å². The van der Waals surface area contributed by atoms with Crippen molar-refractivity contribution in [1.82, 2.24) is 14.5 Å². The fraction of sp³-hybridized carbons (Fsp3) is 0.700. The van der Waals surface area contributed by atoms with Gasteiger partial charge in [0.1, 0.15) is 0 Å². The van der Waals surface area contributed by atoms with E-state index in [-0.39, 0.29) is 11.4 Å². The lowest BCUT2D eigenvalue weighted by atomic mass is 10.1. The molecule has 0 aliphatic carbocycles. The lowest BCUT2D eigenvalue weighted by Crippen LogP contribution is -2.50. The number of aliphatic hydroxyl groups is 3. The van der Waals surface area contributed by atoms with Crippen molar-refractivity contribution in [2.75, 3.05) is 25.2 Å². The zero-order chi connectivity index (χ0) is 17.3. The third-order valence-corrected chi connectivity index (χ3v) is 4.69. The van der Waals surface area contributed by atoms with Crippen LogP contribution in [0, 0.1) is 0 Å². The largest absolute Gasteiger partial charge is 0.394 e. The molecule has 12 heteroatoms. The average Bonchev–Trinajstić information content (AvgIpc) is 2.50. The lowest BCUT2D eigenvalue weighted by molar-refractivity contribution is 0.0698. The van der Waals surface area contributed by atoms with E-state index in [1.54, 1.807) is 0 Å². The molecular formula is C10H18Br2N4O6. The van der Waals surface area contributed by atoms with Crippen LogP contribution in [0.15, 0.2) is 14.4 Å². The van der Waals surface area contributed by atoms with E-state index < -0.39 is 42.4 Å². The van der Waals surface area contributed by atoms with Crippen LogP contribution in [0.1, 0.15) is 0 Å². The average molecular weight is 450 g/mol. The predicted octanol–water partition coefficient (Wildman–Crippen LogP) is -2.96. The second-order valence-corrected chi connectivity index (χ2v) is 6.33. The van der Waals surface area contributed by atoms with Gasteiger partial charge in [-0.1, -0.05) is 31.9 Å². The fourth-order valence-electron chi connectivity index (χ4n) is 1.02. The van der Waals surface area contributed by atoms with Gasteiger partial charge in [0.15, 0.2) is 0 Å². The van der Waals surface area contributed by atoms with Gasteiger partial charge in [-0.05, 0) is 0 Å². The smallest absolute Gasteiger partial charge is 0.333 e. The summed E-state index contributed by atoms with van der Waals surface area (Å²) in [5.41, 5.74) is 1.74. The summed E-state index contributed by atoms with van der Waals surface area (Å²) in [7, 11) is 0. The van der Waals surface area contributed by atoms with Gasteiger partial charge in [0.05, 0.1) is 25.4 Å². The predicted molar refractivity (Wildman–Crippen MR) is 86.6 cm³/mol. The molecule has 10 nitrogen and oxygen atoms in total. The SMILES string of the molecule is NC(CO)(CO)CO.O=c1[nH]c(=O)n(CC(Br)CBr)c(=O)[nH]1. The van der Waals surface area contributed by atoms with E-state index in [4.69, 9.17) is 21.1 Å². The molecule has 1 aromatic heterocycles. The van der Waals surface area contributed by atoms with Crippen LogP contribution in [-0.4, -0.2) is 65.4 Å². The monoisotopic (exact) mass is 448 g/mol. The molecule has 1 rings (SSSR count). The second kappa shape index (κ2) is 10.1. The van der Waals surface area contributed by atoms with Gasteiger partial charge in [-0.2, -0.15) is 0 Å². The summed E-state index contributed by atoms with van der Waals surface area (Å²) < 4.78 is 0.919. The second-order valence-electron chi connectivity index (χ2n) is 4.39. The first kappa shape index (κ1) is 21.2. The summed E-state index contributed by atoms with van der Waals surface area (Å²) in [4.78, 5) is 36.9. The number of hydrogen-bond donors (Lipinski definition) is 6. The molecule has 0 fully saturated rings. The number of nitrogens with two attached hydrogens (primary N) is 1. The summed E-state index contributed by atoms with van der Waals surface area (Å²) in [5.74, 6) is 0. The van der Waals surface area contributed by atoms with Crippen molar-refractivity contribution >= 4 is 31.9 Å². The lowest BCUT2D eigenvalue weighted by Gasteiger charge is -2.20. The molecule has 0 aromatic carbocycles. The molecular weight excluding hydrogens is 432 g/mol. The molecule has 0 bridgehead atoms. The minimum Gasteiger partial charge on any atom is -0.394 e. The van der Waals surface area contributed by atoms with Gasteiger partial charge >= 0.3 is 17.1 Å². The minimum atomic E-state index is -1.21. The number of rotatable bonds is 6. The Hall–Kier alpha value is -0.790. The van der Waals surface area contributed by atoms with Crippen molar-refractivity contribution in [1.29, 1.82) is 0 Å². The van der Waals surface area contributed by atoms with E-state index in [0.29, 0.717) is 5.33 Å². The number of aromatic nitrogens is 3. The summed E-state index contributed by atoms with van der Waals surface area (Å²) in [5, 5.41) is 25.6. The number of H-pyrrole nitrogens is 2. The van der Waals surface area contributed by atoms with Gasteiger partial charge in [-0.15, -0.1) is 0 Å². The van der Waals surface area contributed by atoms with Crippen LogP contribution in [0.2, 0.25) is 0 Å². The van der Waals surface area contributed by atoms with E-state index in [2.05, 4.69) is 31.9 Å². The number of halogens is 2. The maximum absolute atomic E-state index is 11.2. The molecule has 0 aliphatic heterocycles. The van der Waals surface area contributed by atoms with Gasteiger partial charge < -0.3 is 21.1 Å². The first-order valence-electron chi connectivity index (χ1n) is 5.98. The summed E-state index contributed by atoms with van der Waals surface area (Å²) in [6.07, 6.45) is 0.